The van der Waals surface area contributed by atoms with E-state index in [1.165, 1.54) is 26.4 Å². The van der Waals surface area contributed by atoms with Crippen molar-refractivity contribution < 1.29 is 12.4 Å². The Balaban J connectivity index is 0.00000240. The summed E-state index contributed by atoms with van der Waals surface area (Å²) in [6, 6.07) is 42.3. The summed E-state index contributed by atoms with van der Waals surface area (Å²) in [6.45, 7) is 0. The minimum Gasteiger partial charge on any atom is -1.00 e. The highest BCUT2D eigenvalue weighted by molar-refractivity contribution is 7.98. The molecule has 0 amide bonds. The van der Waals surface area contributed by atoms with Crippen LogP contribution in [-0.4, -0.2) is 6.26 Å². The summed E-state index contributed by atoms with van der Waals surface area (Å²) in [5.74, 6) is 0. The number of rotatable bonds is 6. The van der Waals surface area contributed by atoms with Crippen LogP contribution in [-0.2, 0) is 6.16 Å². The topological polar surface area (TPSA) is 0 Å². The standard InChI is InChI=1S/C26H24PS.ClH/c1-28-26-19-17-22(18-20-26)21-27(23-11-5-2-6-12-23,24-13-7-3-8-14-24)25-15-9-4-10-16-25;/h2-20H,21H2,1H3;1H/q+1;/p-1. The third kappa shape index (κ3) is 4.59. The lowest BCUT2D eigenvalue weighted by molar-refractivity contribution is -0.00000544. The molecule has 0 nitrogen and oxygen atoms in total. The quantitative estimate of drug-likeness (QED) is 0.332. The second-order valence-electron chi connectivity index (χ2n) is 6.82. The molecule has 0 heterocycles. The Hall–Kier alpha value is -2.05. The van der Waals surface area contributed by atoms with Gasteiger partial charge in [0.05, 0.1) is 6.16 Å². The van der Waals surface area contributed by atoms with E-state index in [4.69, 9.17) is 0 Å². The number of hydrogen-bond donors (Lipinski definition) is 0. The lowest BCUT2D eigenvalue weighted by Crippen LogP contribution is -3.00. The van der Waals surface area contributed by atoms with Gasteiger partial charge >= 0.3 is 0 Å². The Morgan fingerprint density at radius 1 is 0.552 bits per heavy atom. The van der Waals surface area contributed by atoms with Gasteiger partial charge in [0.1, 0.15) is 23.2 Å². The van der Waals surface area contributed by atoms with Crippen LogP contribution < -0.4 is 28.3 Å². The fourth-order valence-corrected chi connectivity index (χ4v) is 8.43. The lowest BCUT2D eigenvalue weighted by atomic mass is 10.2. The van der Waals surface area contributed by atoms with Crippen LogP contribution in [0.5, 0.6) is 0 Å². The first kappa shape index (κ1) is 21.7. The number of hydrogen-bond acceptors (Lipinski definition) is 1. The first-order valence-corrected chi connectivity index (χ1v) is 12.7. The summed E-state index contributed by atoms with van der Waals surface area (Å²) < 4.78 is 0. The second-order valence-corrected chi connectivity index (χ2v) is 11.2. The Morgan fingerprint density at radius 2 is 0.931 bits per heavy atom. The van der Waals surface area contributed by atoms with Gasteiger partial charge in [0.25, 0.3) is 0 Å². The number of halogens is 1. The summed E-state index contributed by atoms with van der Waals surface area (Å²) in [5, 5.41) is 4.30. The van der Waals surface area contributed by atoms with Gasteiger partial charge in [0.15, 0.2) is 0 Å². The molecular weight excluding hydrogens is 411 g/mol. The van der Waals surface area contributed by atoms with Gasteiger partial charge in [-0.1, -0.05) is 66.7 Å². The predicted molar refractivity (Wildman–Crippen MR) is 127 cm³/mol. The maximum Gasteiger partial charge on any atom is 0.116 e. The maximum atomic E-state index is 2.31. The van der Waals surface area contributed by atoms with E-state index in [0.29, 0.717) is 0 Å². The van der Waals surface area contributed by atoms with Crippen LogP contribution in [0.15, 0.2) is 120 Å². The Bertz CT molecular complexity index is 906. The van der Waals surface area contributed by atoms with Gasteiger partial charge in [-0.2, -0.15) is 0 Å². The van der Waals surface area contributed by atoms with E-state index < -0.39 is 7.26 Å². The largest absolute Gasteiger partial charge is 1.00 e. The van der Waals surface area contributed by atoms with Gasteiger partial charge in [-0.25, -0.2) is 0 Å². The lowest BCUT2D eigenvalue weighted by Gasteiger charge is -2.28. The van der Waals surface area contributed by atoms with E-state index in [9.17, 15) is 0 Å². The molecule has 0 spiro atoms. The van der Waals surface area contributed by atoms with Crippen LogP contribution in [0.1, 0.15) is 5.56 Å². The van der Waals surface area contributed by atoms with E-state index in [0.717, 1.165) is 6.16 Å². The van der Waals surface area contributed by atoms with Crippen molar-refractivity contribution in [2.24, 2.45) is 0 Å². The van der Waals surface area contributed by atoms with E-state index >= 15 is 0 Å². The SMILES string of the molecule is CSc1ccc(C[P+](c2ccccc2)(c2ccccc2)c2ccccc2)cc1.[Cl-]. The monoisotopic (exact) mass is 434 g/mol. The number of benzene rings is 4. The molecule has 0 radical (unpaired) electrons. The van der Waals surface area contributed by atoms with Crippen molar-refractivity contribution in [1.29, 1.82) is 0 Å². The molecule has 0 aliphatic carbocycles. The van der Waals surface area contributed by atoms with Crippen molar-refractivity contribution in [3.63, 3.8) is 0 Å². The zero-order valence-corrected chi connectivity index (χ0v) is 18.9. The minimum absolute atomic E-state index is 0. The van der Waals surface area contributed by atoms with E-state index in [2.05, 4.69) is 122 Å². The smallest absolute Gasteiger partial charge is 0.116 e. The van der Waals surface area contributed by atoms with Gasteiger partial charge in [0.2, 0.25) is 0 Å². The van der Waals surface area contributed by atoms with E-state index in [1.54, 1.807) is 11.8 Å². The molecule has 0 saturated heterocycles. The average Bonchev–Trinajstić information content (AvgIpc) is 2.80. The predicted octanol–water partition coefficient (Wildman–Crippen LogP) is 2.91. The Morgan fingerprint density at radius 3 is 1.28 bits per heavy atom. The van der Waals surface area contributed by atoms with Crippen LogP contribution in [0.3, 0.4) is 0 Å². The maximum absolute atomic E-state index is 2.31. The van der Waals surface area contributed by atoms with E-state index in [-0.39, 0.29) is 12.4 Å². The molecule has 0 aliphatic heterocycles. The molecule has 3 heteroatoms. The number of thioether (sulfide) groups is 1. The molecule has 4 rings (SSSR count). The van der Waals surface area contributed by atoms with Crippen molar-refractivity contribution in [2.45, 2.75) is 11.1 Å². The third-order valence-corrected chi connectivity index (χ3v) is 10.3. The van der Waals surface area contributed by atoms with E-state index in [1.807, 2.05) is 0 Å². The highest BCUT2D eigenvalue weighted by Crippen LogP contribution is 2.58. The van der Waals surface area contributed by atoms with Crippen LogP contribution in [0.2, 0.25) is 0 Å². The molecule has 4 aromatic carbocycles. The van der Waals surface area contributed by atoms with Gasteiger partial charge in [-0.05, 0) is 60.4 Å². The molecule has 29 heavy (non-hydrogen) atoms. The molecule has 0 unspecified atom stereocenters. The zero-order valence-electron chi connectivity index (χ0n) is 16.4. The van der Waals surface area contributed by atoms with Gasteiger partial charge in [-0.15, -0.1) is 11.8 Å². The Kier molecular flexibility index (Phi) is 7.56. The van der Waals surface area contributed by atoms with Crippen molar-refractivity contribution in [3.05, 3.63) is 121 Å². The highest BCUT2D eigenvalue weighted by atomic mass is 35.5. The normalized spacial score (nSPS) is 10.9. The van der Waals surface area contributed by atoms with Crippen LogP contribution >= 0.6 is 19.0 Å². The van der Waals surface area contributed by atoms with Gasteiger partial charge < -0.3 is 12.4 Å². The molecule has 0 atom stereocenters. The highest BCUT2D eigenvalue weighted by Gasteiger charge is 2.45. The molecule has 4 aromatic rings. The summed E-state index contributed by atoms with van der Waals surface area (Å²) in [5.41, 5.74) is 1.39. The molecule has 0 bridgehead atoms. The molecule has 0 N–H and O–H groups in total. The van der Waals surface area contributed by atoms with Crippen LogP contribution in [0.25, 0.3) is 0 Å². The molecule has 0 saturated carbocycles. The van der Waals surface area contributed by atoms with Crippen molar-refractivity contribution in [2.75, 3.05) is 6.26 Å². The molecule has 146 valence electrons. The summed E-state index contributed by atoms with van der Waals surface area (Å²) in [4.78, 5) is 1.31. The third-order valence-electron chi connectivity index (χ3n) is 5.17. The summed E-state index contributed by atoms with van der Waals surface area (Å²) >= 11 is 1.79. The van der Waals surface area contributed by atoms with Gasteiger partial charge in [0, 0.05) is 4.90 Å². The minimum atomic E-state index is -1.81. The summed E-state index contributed by atoms with van der Waals surface area (Å²) in [6.07, 6.45) is 3.16. The van der Waals surface area contributed by atoms with Crippen LogP contribution in [0.4, 0.5) is 0 Å². The van der Waals surface area contributed by atoms with Crippen molar-refractivity contribution in [3.8, 4) is 0 Å². The fourth-order valence-electron chi connectivity index (χ4n) is 3.77. The van der Waals surface area contributed by atoms with Crippen molar-refractivity contribution >= 4 is 34.9 Å². The Labute approximate surface area is 185 Å². The zero-order chi connectivity index (χ0) is 19.2. The molecular formula is C26H24ClPS. The van der Waals surface area contributed by atoms with Crippen molar-refractivity contribution in [1.82, 2.24) is 0 Å². The summed E-state index contributed by atoms with van der Waals surface area (Å²) in [7, 11) is -1.81. The van der Waals surface area contributed by atoms with Crippen LogP contribution in [0, 0.1) is 0 Å². The fraction of sp³-hybridized carbons (Fsp3) is 0.0769. The average molecular weight is 435 g/mol. The molecule has 0 aliphatic rings. The first-order valence-electron chi connectivity index (χ1n) is 9.51. The van der Waals surface area contributed by atoms with Gasteiger partial charge in [-0.3, -0.25) is 0 Å². The molecule has 0 fully saturated rings. The first-order chi connectivity index (χ1) is 13.8. The molecule has 0 aromatic heterocycles. The second kappa shape index (κ2) is 10.1.